The molecule has 1 aromatic carbocycles. The Balaban J connectivity index is 2.17. The van der Waals surface area contributed by atoms with E-state index < -0.39 is 4.92 Å². The maximum atomic E-state index is 10.9. The van der Waals surface area contributed by atoms with Gasteiger partial charge in [-0.2, -0.15) is 0 Å². The van der Waals surface area contributed by atoms with Crippen molar-refractivity contribution in [3.63, 3.8) is 0 Å². The number of hydrogen-bond donors (Lipinski definition) is 0. The van der Waals surface area contributed by atoms with E-state index in [1.807, 2.05) is 0 Å². The fourth-order valence-electron chi connectivity index (χ4n) is 1.42. The molecule has 0 fully saturated rings. The molecule has 0 aliphatic rings. The van der Waals surface area contributed by atoms with E-state index in [-0.39, 0.29) is 12.3 Å². The molecule has 0 radical (unpaired) electrons. The Morgan fingerprint density at radius 3 is 2.89 bits per heavy atom. The highest BCUT2D eigenvalue weighted by atomic mass is 79.9. The summed E-state index contributed by atoms with van der Waals surface area (Å²) in [4.78, 5) is 14.4. The number of pyridine rings is 1. The van der Waals surface area contributed by atoms with Gasteiger partial charge in [-0.25, -0.2) is 0 Å². The third-order valence-electron chi connectivity index (χ3n) is 2.27. The minimum absolute atomic E-state index is 0.0354. The number of halogens is 1. The second-order valence-electron chi connectivity index (χ2n) is 3.51. The first-order valence-electron chi connectivity index (χ1n) is 5.12. The van der Waals surface area contributed by atoms with E-state index in [0.29, 0.717) is 15.8 Å². The molecule has 2 aromatic rings. The number of nitro groups is 1. The second-order valence-corrected chi connectivity index (χ2v) is 4.42. The maximum absolute atomic E-state index is 10.9. The molecule has 18 heavy (non-hydrogen) atoms. The van der Waals surface area contributed by atoms with Crippen molar-refractivity contribution < 1.29 is 9.66 Å². The third-order valence-corrected chi connectivity index (χ3v) is 2.77. The highest BCUT2D eigenvalue weighted by molar-refractivity contribution is 9.10. The Morgan fingerprint density at radius 2 is 2.22 bits per heavy atom. The third kappa shape index (κ3) is 3.04. The van der Waals surface area contributed by atoms with Gasteiger partial charge in [0.05, 0.1) is 16.7 Å². The fraction of sp³-hybridized carbons (Fsp3) is 0.0833. The molecular formula is C12H9BrN2O3. The van der Waals surface area contributed by atoms with Gasteiger partial charge in [0.25, 0.3) is 5.69 Å². The van der Waals surface area contributed by atoms with Crippen molar-refractivity contribution >= 4 is 21.6 Å². The van der Waals surface area contributed by atoms with Gasteiger partial charge >= 0.3 is 0 Å². The lowest BCUT2D eigenvalue weighted by Gasteiger charge is -2.06. The lowest BCUT2D eigenvalue weighted by atomic mass is 10.2. The van der Waals surface area contributed by atoms with E-state index in [4.69, 9.17) is 4.74 Å². The number of hydrogen-bond acceptors (Lipinski definition) is 4. The Hall–Kier alpha value is -1.95. The summed E-state index contributed by atoms with van der Waals surface area (Å²) in [6, 6.07) is 8.36. The summed E-state index contributed by atoms with van der Waals surface area (Å²) < 4.78 is 6.11. The molecule has 0 atom stereocenters. The predicted octanol–water partition coefficient (Wildman–Crippen LogP) is 3.33. The summed E-state index contributed by atoms with van der Waals surface area (Å²) in [6.45, 7) is 0.134. The standard InChI is InChI=1S/C12H9BrN2O3/c13-10-4-3-9(12(6-10)15(16)17)8-18-11-2-1-5-14-7-11/h1-7H,8H2. The van der Waals surface area contributed by atoms with Crippen LogP contribution in [0.2, 0.25) is 0 Å². The number of ether oxygens (including phenoxy) is 1. The van der Waals surface area contributed by atoms with Crippen LogP contribution in [0.5, 0.6) is 5.75 Å². The summed E-state index contributed by atoms with van der Waals surface area (Å²) in [7, 11) is 0. The summed E-state index contributed by atoms with van der Waals surface area (Å²) in [6.07, 6.45) is 3.19. The molecule has 5 nitrogen and oxygen atoms in total. The van der Waals surface area contributed by atoms with Crippen LogP contribution in [0.4, 0.5) is 5.69 Å². The lowest BCUT2D eigenvalue weighted by molar-refractivity contribution is -0.385. The fourth-order valence-corrected chi connectivity index (χ4v) is 1.77. The summed E-state index contributed by atoms with van der Waals surface area (Å²) in [5.74, 6) is 0.578. The zero-order valence-electron chi connectivity index (χ0n) is 9.25. The van der Waals surface area contributed by atoms with Gasteiger partial charge in [-0.05, 0) is 24.3 Å². The van der Waals surface area contributed by atoms with Crippen molar-refractivity contribution in [2.75, 3.05) is 0 Å². The minimum Gasteiger partial charge on any atom is -0.487 e. The highest BCUT2D eigenvalue weighted by Gasteiger charge is 2.14. The van der Waals surface area contributed by atoms with Crippen molar-refractivity contribution in [1.82, 2.24) is 4.98 Å². The molecule has 2 rings (SSSR count). The van der Waals surface area contributed by atoms with E-state index in [9.17, 15) is 10.1 Å². The predicted molar refractivity (Wildman–Crippen MR) is 69.4 cm³/mol. The van der Waals surface area contributed by atoms with E-state index in [2.05, 4.69) is 20.9 Å². The SMILES string of the molecule is O=[N+]([O-])c1cc(Br)ccc1COc1cccnc1. The van der Waals surface area contributed by atoms with Crippen LogP contribution in [0.3, 0.4) is 0 Å². The molecule has 1 heterocycles. The van der Waals surface area contributed by atoms with Gasteiger partial charge in [-0.1, -0.05) is 15.9 Å². The van der Waals surface area contributed by atoms with Crippen molar-refractivity contribution in [1.29, 1.82) is 0 Å². The summed E-state index contributed by atoms with van der Waals surface area (Å²) in [5.41, 5.74) is 0.556. The van der Waals surface area contributed by atoms with E-state index in [1.165, 1.54) is 6.07 Å². The van der Waals surface area contributed by atoms with E-state index in [0.717, 1.165) is 0 Å². The highest BCUT2D eigenvalue weighted by Crippen LogP contribution is 2.24. The molecule has 0 aliphatic heterocycles. The molecule has 1 aromatic heterocycles. The van der Waals surface area contributed by atoms with Crippen LogP contribution in [0, 0.1) is 10.1 Å². The topological polar surface area (TPSA) is 65.3 Å². The van der Waals surface area contributed by atoms with E-state index >= 15 is 0 Å². The number of rotatable bonds is 4. The molecule has 0 aliphatic carbocycles. The minimum atomic E-state index is -0.424. The summed E-state index contributed by atoms with van der Waals surface area (Å²) in [5, 5.41) is 10.9. The van der Waals surface area contributed by atoms with Crippen molar-refractivity contribution in [2.24, 2.45) is 0 Å². The average Bonchev–Trinajstić information content (AvgIpc) is 2.38. The van der Waals surface area contributed by atoms with Crippen LogP contribution < -0.4 is 4.74 Å². The Labute approximate surface area is 112 Å². The molecule has 0 unspecified atom stereocenters. The van der Waals surface area contributed by atoms with Crippen LogP contribution in [0.15, 0.2) is 47.2 Å². The van der Waals surface area contributed by atoms with Gasteiger partial charge < -0.3 is 4.74 Å². The Bertz CT molecular complexity index is 561. The van der Waals surface area contributed by atoms with Crippen molar-refractivity contribution in [2.45, 2.75) is 6.61 Å². The van der Waals surface area contributed by atoms with Gasteiger partial charge in [0.1, 0.15) is 12.4 Å². The Kier molecular flexibility index (Phi) is 3.88. The molecule has 0 N–H and O–H groups in total. The first-order valence-corrected chi connectivity index (χ1v) is 5.92. The smallest absolute Gasteiger partial charge is 0.277 e. The number of nitro benzene ring substituents is 1. The quantitative estimate of drug-likeness (QED) is 0.642. The largest absolute Gasteiger partial charge is 0.487 e. The normalized spacial score (nSPS) is 10.1. The average molecular weight is 309 g/mol. The van der Waals surface area contributed by atoms with Gasteiger partial charge in [-0.15, -0.1) is 0 Å². The lowest BCUT2D eigenvalue weighted by Crippen LogP contribution is -2.00. The van der Waals surface area contributed by atoms with Crippen molar-refractivity contribution in [3.8, 4) is 5.75 Å². The molecule has 92 valence electrons. The molecule has 0 bridgehead atoms. The molecule has 0 saturated carbocycles. The second kappa shape index (κ2) is 5.59. The molecule has 6 heteroatoms. The first kappa shape index (κ1) is 12.5. The van der Waals surface area contributed by atoms with Crippen LogP contribution in [0.25, 0.3) is 0 Å². The maximum Gasteiger partial charge on any atom is 0.277 e. The Morgan fingerprint density at radius 1 is 1.39 bits per heavy atom. The molecular weight excluding hydrogens is 300 g/mol. The molecule has 0 amide bonds. The number of aromatic nitrogens is 1. The van der Waals surface area contributed by atoms with E-state index in [1.54, 1.807) is 36.7 Å². The zero-order chi connectivity index (χ0) is 13.0. The van der Waals surface area contributed by atoms with Gasteiger partial charge in [0.15, 0.2) is 0 Å². The number of nitrogens with zero attached hydrogens (tertiary/aromatic N) is 2. The van der Waals surface area contributed by atoms with Gasteiger partial charge in [0.2, 0.25) is 0 Å². The zero-order valence-corrected chi connectivity index (χ0v) is 10.8. The summed E-state index contributed by atoms with van der Waals surface area (Å²) >= 11 is 3.21. The first-order chi connectivity index (χ1) is 8.66. The van der Waals surface area contributed by atoms with Crippen LogP contribution in [0.1, 0.15) is 5.56 Å². The molecule has 0 saturated heterocycles. The van der Waals surface area contributed by atoms with Gasteiger partial charge in [-0.3, -0.25) is 15.1 Å². The van der Waals surface area contributed by atoms with Crippen LogP contribution in [-0.4, -0.2) is 9.91 Å². The van der Waals surface area contributed by atoms with Crippen LogP contribution in [-0.2, 0) is 6.61 Å². The number of benzene rings is 1. The van der Waals surface area contributed by atoms with Crippen molar-refractivity contribution in [3.05, 3.63) is 62.9 Å². The van der Waals surface area contributed by atoms with Gasteiger partial charge in [0, 0.05) is 16.7 Å². The monoisotopic (exact) mass is 308 g/mol. The van der Waals surface area contributed by atoms with Crippen LogP contribution >= 0.6 is 15.9 Å². The molecule has 0 spiro atoms.